The molecule has 2 aromatic heterocycles. The molecule has 0 spiro atoms. The fraction of sp³-hybridized carbons (Fsp3) is 0.355. The van der Waals surface area contributed by atoms with Crippen LogP contribution in [0.4, 0.5) is 4.39 Å². The van der Waals surface area contributed by atoms with Gasteiger partial charge >= 0.3 is 5.97 Å². The van der Waals surface area contributed by atoms with Gasteiger partial charge in [0, 0.05) is 36.3 Å². The van der Waals surface area contributed by atoms with Crippen molar-refractivity contribution in [2.75, 3.05) is 6.54 Å². The van der Waals surface area contributed by atoms with Gasteiger partial charge in [0.2, 0.25) is 6.17 Å². The van der Waals surface area contributed by atoms with Gasteiger partial charge < -0.3 is 20.3 Å². The lowest BCUT2D eigenvalue weighted by atomic mass is 10.0. The summed E-state index contributed by atoms with van der Waals surface area (Å²) in [6, 6.07) is 5.14. The molecule has 0 saturated heterocycles. The minimum absolute atomic E-state index is 0.0918. The lowest BCUT2D eigenvalue weighted by Crippen LogP contribution is -2.41. The highest BCUT2D eigenvalue weighted by Gasteiger charge is 2.43. The van der Waals surface area contributed by atoms with Crippen LogP contribution >= 0.6 is 0 Å². The number of allylic oxidation sites excluding steroid dienone is 3. The van der Waals surface area contributed by atoms with Crippen LogP contribution in [-0.4, -0.2) is 44.8 Å². The quantitative estimate of drug-likeness (QED) is 0.328. The Morgan fingerprint density at radius 3 is 2.83 bits per heavy atom. The van der Waals surface area contributed by atoms with Gasteiger partial charge in [0.05, 0.1) is 28.9 Å². The van der Waals surface area contributed by atoms with E-state index in [9.17, 15) is 19.4 Å². The molecule has 9 heteroatoms. The monoisotopic (exact) mass is 546 g/mol. The van der Waals surface area contributed by atoms with E-state index in [1.165, 1.54) is 30.7 Å². The molecule has 3 heterocycles. The number of carbonyl (C=O) groups is 1. The Morgan fingerprint density at radius 2 is 2.12 bits per heavy atom. The summed E-state index contributed by atoms with van der Waals surface area (Å²) in [5, 5.41) is 23.8. The molecule has 1 unspecified atom stereocenters. The topological polar surface area (TPSA) is 117 Å². The Bertz CT molecular complexity index is 1510. The number of amides is 1. The van der Waals surface area contributed by atoms with Crippen LogP contribution in [0, 0.1) is 5.92 Å². The van der Waals surface area contributed by atoms with Gasteiger partial charge in [-0.1, -0.05) is 37.3 Å². The molecule has 1 saturated carbocycles. The molecule has 0 radical (unpaired) electrons. The van der Waals surface area contributed by atoms with Crippen molar-refractivity contribution in [3.05, 3.63) is 87.5 Å². The molecule has 8 nitrogen and oxygen atoms in total. The van der Waals surface area contributed by atoms with Crippen molar-refractivity contribution in [3.8, 4) is 0 Å². The third kappa shape index (κ3) is 7.04. The third-order valence-electron chi connectivity index (χ3n) is 6.86. The maximum absolute atomic E-state index is 14.5. The Labute approximate surface area is 233 Å². The van der Waals surface area contributed by atoms with Crippen molar-refractivity contribution in [2.24, 2.45) is 10.9 Å². The van der Waals surface area contributed by atoms with Crippen LogP contribution < -0.4 is 15.9 Å². The van der Waals surface area contributed by atoms with Gasteiger partial charge in [0.25, 0.3) is 5.91 Å². The number of ether oxygens (including phenoxy) is 1. The van der Waals surface area contributed by atoms with Crippen molar-refractivity contribution < 1.29 is 24.1 Å². The number of aliphatic hydroxyl groups is 2. The van der Waals surface area contributed by atoms with E-state index in [2.05, 4.69) is 33.5 Å². The predicted molar refractivity (Wildman–Crippen MR) is 153 cm³/mol. The summed E-state index contributed by atoms with van der Waals surface area (Å²) >= 11 is 0. The van der Waals surface area contributed by atoms with Crippen LogP contribution in [0.3, 0.4) is 0 Å². The van der Waals surface area contributed by atoms with Gasteiger partial charge in [-0.3, -0.25) is 14.8 Å². The van der Waals surface area contributed by atoms with Crippen LogP contribution in [0.5, 0.6) is 0 Å². The number of hydrogen-bond acceptors (Lipinski definition) is 7. The molecule has 2 aromatic rings. The molecule has 0 aromatic carbocycles. The number of nitrogens with zero attached hydrogens (tertiary/aromatic N) is 3. The van der Waals surface area contributed by atoms with E-state index in [-0.39, 0.29) is 30.0 Å². The number of rotatable bonds is 9. The van der Waals surface area contributed by atoms with E-state index < -0.39 is 18.1 Å². The minimum Gasteiger partial charge on any atom is -0.348 e. The van der Waals surface area contributed by atoms with E-state index in [1.54, 1.807) is 6.21 Å². The zero-order valence-electron chi connectivity index (χ0n) is 23.0. The smallest absolute Gasteiger partial charge is 0.316 e. The highest BCUT2D eigenvalue weighted by atomic mass is 19.1. The summed E-state index contributed by atoms with van der Waals surface area (Å²) in [6.07, 6.45) is 11.7. The predicted octanol–water partition coefficient (Wildman–Crippen LogP) is 3.40. The summed E-state index contributed by atoms with van der Waals surface area (Å²) in [5.74, 6) is -2.78. The van der Waals surface area contributed by atoms with Crippen LogP contribution in [0.2, 0.25) is 0 Å². The molecule has 4 rings (SSSR count). The summed E-state index contributed by atoms with van der Waals surface area (Å²) in [6.45, 7) is 10.1. The maximum Gasteiger partial charge on any atom is 0.316 e. The number of hydrogen-bond donors (Lipinski definition) is 3. The zero-order valence-corrected chi connectivity index (χ0v) is 23.0. The van der Waals surface area contributed by atoms with Gasteiger partial charge in [-0.2, -0.15) is 0 Å². The number of pyridine rings is 2. The Hall–Kier alpha value is -3.79. The van der Waals surface area contributed by atoms with Gasteiger partial charge in [0.15, 0.2) is 0 Å². The van der Waals surface area contributed by atoms with Crippen molar-refractivity contribution in [2.45, 2.75) is 58.8 Å². The molecular weight excluding hydrogens is 511 g/mol. The van der Waals surface area contributed by atoms with E-state index >= 15 is 0 Å². The SMILES string of the molecule is C=C(C=N/C=C(\C)C1CC1)c1ccc(=C/C)/c(=C\C(=C\CC)CNC(=O)c2cnc3c(c2)C(F)C(O)(O)OC3)n1. The summed E-state index contributed by atoms with van der Waals surface area (Å²) in [7, 11) is 0. The second-order valence-corrected chi connectivity index (χ2v) is 9.99. The van der Waals surface area contributed by atoms with Gasteiger partial charge in [0.1, 0.15) is 0 Å². The Morgan fingerprint density at radius 1 is 1.35 bits per heavy atom. The van der Waals surface area contributed by atoms with Crippen molar-refractivity contribution in [1.82, 2.24) is 15.3 Å². The van der Waals surface area contributed by atoms with Crippen molar-refractivity contribution >= 4 is 29.8 Å². The van der Waals surface area contributed by atoms with E-state index in [1.807, 2.05) is 50.4 Å². The first-order chi connectivity index (χ1) is 19.1. The number of alkyl halides is 1. The van der Waals surface area contributed by atoms with Gasteiger partial charge in [-0.25, -0.2) is 9.37 Å². The highest BCUT2D eigenvalue weighted by Crippen LogP contribution is 2.37. The van der Waals surface area contributed by atoms with Crippen LogP contribution in [-0.2, 0) is 11.3 Å². The first-order valence-electron chi connectivity index (χ1n) is 13.4. The van der Waals surface area contributed by atoms with E-state index in [4.69, 9.17) is 4.98 Å². The molecule has 1 aliphatic heterocycles. The van der Waals surface area contributed by atoms with E-state index in [0.717, 1.165) is 22.6 Å². The second kappa shape index (κ2) is 12.6. The first kappa shape index (κ1) is 29.2. The number of halogens is 1. The molecular formula is C31H35FN4O4. The number of nitrogens with one attached hydrogen (secondary N) is 1. The molecule has 1 atom stereocenters. The largest absolute Gasteiger partial charge is 0.348 e. The van der Waals surface area contributed by atoms with E-state index in [0.29, 0.717) is 17.2 Å². The maximum atomic E-state index is 14.5. The average Bonchev–Trinajstić information content (AvgIpc) is 3.79. The lowest BCUT2D eigenvalue weighted by Gasteiger charge is -2.31. The summed E-state index contributed by atoms with van der Waals surface area (Å²) < 4.78 is 19.2. The molecule has 1 amide bonds. The van der Waals surface area contributed by atoms with Crippen molar-refractivity contribution in [3.63, 3.8) is 0 Å². The lowest BCUT2D eigenvalue weighted by molar-refractivity contribution is -0.379. The number of aliphatic imine (C=N–C) groups is 1. The molecule has 1 aliphatic carbocycles. The molecule has 1 fully saturated rings. The molecule has 0 bridgehead atoms. The zero-order chi connectivity index (χ0) is 28.9. The normalized spacial score (nSPS) is 20.1. The molecule has 3 N–H and O–H groups in total. The standard InChI is InChI=1S/C31H35FN4O4/c1-5-7-21(16-35-30(37)24-13-25-28(34-17-24)18-40-31(38,39)29(25)32)12-27-22(6-2)10-11-26(36-27)20(4)15-33-14-19(3)23-8-9-23/h6-7,10-15,17,23,29,38-39H,4-5,8-9,16,18H2,1-3H3,(H,35,37)/b19-14+,21-7-,22-6-,27-12+,33-15?. The summed E-state index contributed by atoms with van der Waals surface area (Å²) in [4.78, 5) is 26.2. The number of aromatic nitrogens is 2. The minimum atomic E-state index is -2.96. The highest BCUT2D eigenvalue weighted by molar-refractivity contribution is 6.08. The Kier molecular flexibility index (Phi) is 9.19. The van der Waals surface area contributed by atoms with Gasteiger partial charge in [-0.15, -0.1) is 0 Å². The second-order valence-electron chi connectivity index (χ2n) is 9.99. The molecule has 2 aliphatic rings. The van der Waals surface area contributed by atoms with Gasteiger partial charge in [-0.05, 0) is 68.0 Å². The number of carbonyl (C=O) groups excluding carboxylic acids is 1. The third-order valence-corrected chi connectivity index (χ3v) is 6.86. The fourth-order valence-electron chi connectivity index (χ4n) is 4.31. The fourth-order valence-corrected chi connectivity index (χ4v) is 4.31. The number of fused-ring (bicyclic) bond motifs is 1. The summed E-state index contributed by atoms with van der Waals surface area (Å²) in [5.41, 5.74) is 3.71. The first-order valence-corrected chi connectivity index (χ1v) is 13.4. The molecule has 40 heavy (non-hydrogen) atoms. The Balaban J connectivity index is 1.52. The van der Waals surface area contributed by atoms with Crippen LogP contribution in [0.15, 0.2) is 59.4 Å². The van der Waals surface area contributed by atoms with Crippen molar-refractivity contribution in [1.29, 1.82) is 0 Å². The molecule has 210 valence electrons. The van der Waals surface area contributed by atoms with Crippen LogP contribution in [0.1, 0.15) is 73.5 Å². The van der Waals surface area contributed by atoms with Crippen LogP contribution in [0.25, 0.3) is 17.7 Å². The average molecular weight is 547 g/mol.